The normalized spacial score (nSPS) is 10.8. The van der Waals surface area contributed by atoms with E-state index < -0.39 is 21.5 Å². The number of benzene rings is 1. The molecule has 0 heterocycles. The Balaban J connectivity index is 2.65. The lowest BCUT2D eigenvalue weighted by atomic mass is 10.3. The standard InChI is InChI=1S/C11H13NO4S/c1-2-6-17(15,16)8-11(14)12-9-4-3-5-10(13)7-9/h2-5,7,13H,1,6,8H2,(H,12,14). The Morgan fingerprint density at radius 3 is 2.76 bits per heavy atom. The molecule has 1 aromatic rings. The number of amides is 1. The molecule has 0 aliphatic rings. The van der Waals surface area contributed by atoms with Crippen LogP contribution in [0.25, 0.3) is 0 Å². The fourth-order valence-corrected chi connectivity index (χ4v) is 2.17. The molecule has 0 atom stereocenters. The maximum atomic E-state index is 11.4. The van der Waals surface area contributed by atoms with Crippen molar-refractivity contribution in [3.63, 3.8) is 0 Å². The van der Waals surface area contributed by atoms with Crippen LogP contribution >= 0.6 is 0 Å². The topological polar surface area (TPSA) is 83.5 Å². The summed E-state index contributed by atoms with van der Waals surface area (Å²) in [7, 11) is -3.45. The molecule has 1 amide bonds. The number of phenolic OH excluding ortho intramolecular Hbond substituents is 1. The summed E-state index contributed by atoms with van der Waals surface area (Å²) in [4.78, 5) is 11.4. The van der Waals surface area contributed by atoms with E-state index in [1.807, 2.05) is 0 Å². The summed E-state index contributed by atoms with van der Waals surface area (Å²) in [5, 5.41) is 11.5. The zero-order chi connectivity index (χ0) is 12.9. The van der Waals surface area contributed by atoms with Crippen LogP contribution in [0.2, 0.25) is 0 Å². The average molecular weight is 255 g/mol. The van der Waals surface area contributed by atoms with Crippen LogP contribution in [0.5, 0.6) is 5.75 Å². The first-order valence-electron chi connectivity index (χ1n) is 4.83. The molecule has 0 fully saturated rings. The lowest BCUT2D eigenvalue weighted by Gasteiger charge is -2.05. The van der Waals surface area contributed by atoms with E-state index in [4.69, 9.17) is 5.11 Å². The van der Waals surface area contributed by atoms with Crippen molar-refractivity contribution in [3.8, 4) is 5.75 Å². The third kappa shape index (κ3) is 4.69. The van der Waals surface area contributed by atoms with Crippen LogP contribution in [0, 0.1) is 0 Å². The lowest BCUT2D eigenvalue weighted by molar-refractivity contribution is -0.113. The second kappa shape index (κ2) is 5.49. The Morgan fingerprint density at radius 2 is 2.18 bits per heavy atom. The Kier molecular flexibility index (Phi) is 4.28. The minimum Gasteiger partial charge on any atom is -0.508 e. The first kappa shape index (κ1) is 13.2. The van der Waals surface area contributed by atoms with Gasteiger partial charge in [-0.05, 0) is 12.1 Å². The summed E-state index contributed by atoms with van der Waals surface area (Å²) in [6.07, 6.45) is 1.23. The maximum absolute atomic E-state index is 11.4. The fourth-order valence-electron chi connectivity index (χ4n) is 1.22. The quantitative estimate of drug-likeness (QED) is 0.767. The van der Waals surface area contributed by atoms with E-state index in [0.717, 1.165) is 0 Å². The molecule has 1 rings (SSSR count). The van der Waals surface area contributed by atoms with E-state index in [9.17, 15) is 13.2 Å². The van der Waals surface area contributed by atoms with Gasteiger partial charge in [-0.15, -0.1) is 6.58 Å². The molecule has 1 aromatic carbocycles. The van der Waals surface area contributed by atoms with E-state index in [1.165, 1.54) is 18.2 Å². The first-order chi connectivity index (χ1) is 7.93. The molecule has 0 saturated heterocycles. The Morgan fingerprint density at radius 1 is 1.47 bits per heavy atom. The van der Waals surface area contributed by atoms with Crippen molar-refractivity contribution in [3.05, 3.63) is 36.9 Å². The number of anilines is 1. The Labute approximate surface area is 99.7 Å². The molecule has 5 nitrogen and oxygen atoms in total. The van der Waals surface area contributed by atoms with Crippen LogP contribution in [-0.2, 0) is 14.6 Å². The molecule has 17 heavy (non-hydrogen) atoms. The highest BCUT2D eigenvalue weighted by atomic mass is 32.2. The predicted molar refractivity (Wildman–Crippen MR) is 65.6 cm³/mol. The van der Waals surface area contributed by atoms with Crippen LogP contribution in [0.1, 0.15) is 0 Å². The van der Waals surface area contributed by atoms with Crippen LogP contribution in [0.15, 0.2) is 36.9 Å². The van der Waals surface area contributed by atoms with E-state index in [0.29, 0.717) is 5.69 Å². The molecule has 0 aliphatic heterocycles. The maximum Gasteiger partial charge on any atom is 0.239 e. The highest BCUT2D eigenvalue weighted by Crippen LogP contribution is 2.15. The number of nitrogens with one attached hydrogen (secondary N) is 1. The number of hydrogen-bond donors (Lipinski definition) is 2. The zero-order valence-electron chi connectivity index (χ0n) is 9.09. The number of rotatable bonds is 5. The second-order valence-electron chi connectivity index (χ2n) is 3.44. The first-order valence-corrected chi connectivity index (χ1v) is 6.65. The number of aromatic hydroxyl groups is 1. The largest absolute Gasteiger partial charge is 0.508 e. The SMILES string of the molecule is C=CCS(=O)(=O)CC(=O)Nc1cccc(O)c1. The van der Waals surface area contributed by atoms with Gasteiger partial charge in [0.1, 0.15) is 11.5 Å². The third-order valence-electron chi connectivity index (χ3n) is 1.85. The van der Waals surface area contributed by atoms with Crippen LogP contribution < -0.4 is 5.32 Å². The van der Waals surface area contributed by atoms with Gasteiger partial charge in [-0.3, -0.25) is 4.79 Å². The summed E-state index contributed by atoms with van der Waals surface area (Å²) < 4.78 is 22.6. The van der Waals surface area contributed by atoms with Gasteiger partial charge < -0.3 is 10.4 Å². The molecular weight excluding hydrogens is 242 g/mol. The number of sulfone groups is 1. The van der Waals surface area contributed by atoms with E-state index >= 15 is 0 Å². The molecule has 0 spiro atoms. The van der Waals surface area contributed by atoms with Crippen molar-refractivity contribution >= 4 is 21.4 Å². The van der Waals surface area contributed by atoms with Gasteiger partial charge in [0.25, 0.3) is 0 Å². The molecule has 0 aliphatic carbocycles. The van der Waals surface area contributed by atoms with Crippen molar-refractivity contribution in [1.29, 1.82) is 0 Å². The van der Waals surface area contributed by atoms with Crippen LogP contribution in [0.3, 0.4) is 0 Å². The molecule has 0 bridgehead atoms. The molecule has 2 N–H and O–H groups in total. The van der Waals surface area contributed by atoms with Gasteiger partial charge in [0, 0.05) is 11.8 Å². The number of phenols is 1. The van der Waals surface area contributed by atoms with Gasteiger partial charge in [0.2, 0.25) is 5.91 Å². The van der Waals surface area contributed by atoms with Crippen molar-refractivity contribution in [2.24, 2.45) is 0 Å². The molecular formula is C11H13NO4S. The van der Waals surface area contributed by atoms with Gasteiger partial charge in [-0.2, -0.15) is 0 Å². The summed E-state index contributed by atoms with van der Waals surface area (Å²) in [6.45, 7) is 3.30. The monoisotopic (exact) mass is 255 g/mol. The number of hydrogen-bond acceptors (Lipinski definition) is 4. The van der Waals surface area contributed by atoms with Crippen molar-refractivity contribution < 1.29 is 18.3 Å². The lowest BCUT2D eigenvalue weighted by Crippen LogP contribution is -2.24. The molecule has 6 heteroatoms. The summed E-state index contributed by atoms with van der Waals surface area (Å²) in [5.74, 6) is -1.48. The summed E-state index contributed by atoms with van der Waals surface area (Å²) >= 11 is 0. The van der Waals surface area contributed by atoms with Gasteiger partial charge in [-0.1, -0.05) is 12.1 Å². The van der Waals surface area contributed by atoms with E-state index in [1.54, 1.807) is 12.1 Å². The highest BCUT2D eigenvalue weighted by molar-refractivity contribution is 7.92. The Hall–Kier alpha value is -1.82. The second-order valence-corrected chi connectivity index (χ2v) is 5.55. The van der Waals surface area contributed by atoms with Gasteiger partial charge in [0.15, 0.2) is 9.84 Å². The third-order valence-corrected chi connectivity index (χ3v) is 3.30. The predicted octanol–water partition coefficient (Wildman–Crippen LogP) is 0.931. The van der Waals surface area contributed by atoms with Gasteiger partial charge in [0.05, 0.1) is 5.75 Å². The van der Waals surface area contributed by atoms with E-state index in [2.05, 4.69) is 11.9 Å². The molecule has 0 saturated carbocycles. The molecule has 92 valence electrons. The molecule has 0 unspecified atom stereocenters. The smallest absolute Gasteiger partial charge is 0.239 e. The van der Waals surface area contributed by atoms with Crippen LogP contribution in [0.4, 0.5) is 5.69 Å². The average Bonchev–Trinajstić information content (AvgIpc) is 2.15. The summed E-state index contributed by atoms with van der Waals surface area (Å²) in [6, 6.07) is 5.88. The van der Waals surface area contributed by atoms with Crippen LogP contribution in [-0.4, -0.2) is 30.9 Å². The highest BCUT2D eigenvalue weighted by Gasteiger charge is 2.14. The fraction of sp³-hybridized carbons (Fsp3) is 0.182. The molecule has 0 aromatic heterocycles. The van der Waals surface area contributed by atoms with Crippen molar-refractivity contribution in [2.75, 3.05) is 16.8 Å². The number of carbonyl (C=O) groups excluding carboxylic acids is 1. The Bertz CT molecular complexity index is 522. The van der Waals surface area contributed by atoms with Gasteiger partial charge in [-0.25, -0.2) is 8.42 Å². The zero-order valence-corrected chi connectivity index (χ0v) is 9.90. The van der Waals surface area contributed by atoms with Crippen molar-refractivity contribution in [1.82, 2.24) is 0 Å². The van der Waals surface area contributed by atoms with Crippen molar-refractivity contribution in [2.45, 2.75) is 0 Å². The summed E-state index contributed by atoms with van der Waals surface area (Å²) in [5.41, 5.74) is 0.351. The number of carbonyl (C=O) groups is 1. The minimum absolute atomic E-state index is 0.00301. The van der Waals surface area contributed by atoms with E-state index in [-0.39, 0.29) is 11.5 Å². The van der Waals surface area contributed by atoms with Gasteiger partial charge >= 0.3 is 0 Å². The molecule has 0 radical (unpaired) electrons. The minimum atomic E-state index is -3.45.